The molecule has 0 aliphatic carbocycles. The molecule has 0 atom stereocenters. The van der Waals surface area contributed by atoms with E-state index < -0.39 is 10.0 Å². The van der Waals surface area contributed by atoms with Gasteiger partial charge >= 0.3 is 0 Å². The highest BCUT2D eigenvalue weighted by molar-refractivity contribution is 7.95. The number of ether oxygens (including phenoxy) is 1. The molecule has 12 heteroatoms. The van der Waals surface area contributed by atoms with Crippen LogP contribution in [0.4, 0.5) is 5.13 Å². The Kier molecular flexibility index (Phi) is 5.86. The van der Waals surface area contributed by atoms with Crippen LogP contribution in [-0.4, -0.2) is 50.5 Å². The second-order valence-electron chi connectivity index (χ2n) is 5.12. The number of carbonyl (C=O) groups is 1. The first-order valence-corrected chi connectivity index (χ1v) is 11.1. The summed E-state index contributed by atoms with van der Waals surface area (Å²) in [5.41, 5.74) is 0.712. The van der Waals surface area contributed by atoms with Gasteiger partial charge in [0.2, 0.25) is 5.91 Å². The molecule has 3 heterocycles. The molecule has 1 N–H and O–H groups in total. The molecule has 7 nitrogen and oxygen atoms in total. The summed E-state index contributed by atoms with van der Waals surface area (Å²) in [5, 5.41) is 2.21. The van der Waals surface area contributed by atoms with Gasteiger partial charge in [-0.05, 0) is 6.07 Å². The highest BCUT2D eigenvalue weighted by Crippen LogP contribution is 2.35. The van der Waals surface area contributed by atoms with Gasteiger partial charge < -0.3 is 9.64 Å². The number of thiazole rings is 1. The molecule has 136 valence electrons. The van der Waals surface area contributed by atoms with E-state index in [1.54, 1.807) is 10.3 Å². The summed E-state index contributed by atoms with van der Waals surface area (Å²) in [6.45, 7) is 1.71. The monoisotopic (exact) mass is 441 g/mol. The van der Waals surface area contributed by atoms with Gasteiger partial charge in [0, 0.05) is 24.9 Å². The van der Waals surface area contributed by atoms with E-state index in [1.165, 1.54) is 17.4 Å². The standard InChI is InChI=1S/C13H13Cl2N3O4S3/c14-9-5-11(24-12(9)15)25(20,21)17-13-16-8(7-23-13)1-2-18-3-4-22-6-10(18)19/h5,7H,1-4,6H2,(H,16,17). The van der Waals surface area contributed by atoms with Crippen LogP contribution >= 0.6 is 45.9 Å². The van der Waals surface area contributed by atoms with Gasteiger partial charge in [-0.3, -0.25) is 9.52 Å². The Morgan fingerprint density at radius 3 is 2.88 bits per heavy atom. The number of anilines is 1. The van der Waals surface area contributed by atoms with Crippen LogP contribution < -0.4 is 4.72 Å². The normalized spacial score (nSPS) is 15.6. The van der Waals surface area contributed by atoms with Crippen molar-refractivity contribution in [1.29, 1.82) is 0 Å². The predicted octanol–water partition coefficient (Wildman–Crippen LogP) is 2.71. The summed E-state index contributed by atoms with van der Waals surface area (Å²) in [6.07, 6.45) is 0.542. The molecule has 1 amide bonds. The Bertz CT molecular complexity index is 861. The maximum Gasteiger partial charge on any atom is 0.273 e. The smallest absolute Gasteiger partial charge is 0.273 e. The molecule has 0 radical (unpaired) electrons. The largest absolute Gasteiger partial charge is 0.370 e. The van der Waals surface area contributed by atoms with Gasteiger partial charge in [-0.15, -0.1) is 22.7 Å². The van der Waals surface area contributed by atoms with Crippen molar-refractivity contribution in [2.75, 3.05) is 31.0 Å². The van der Waals surface area contributed by atoms with Gasteiger partial charge in [0.1, 0.15) is 15.2 Å². The SMILES string of the molecule is O=C1COCCN1CCc1csc(NS(=O)(=O)c2cc(Cl)c(Cl)s2)n1. The number of aromatic nitrogens is 1. The molecule has 2 aromatic heterocycles. The van der Waals surface area contributed by atoms with E-state index in [9.17, 15) is 13.2 Å². The molecule has 0 spiro atoms. The number of halogens is 2. The summed E-state index contributed by atoms with van der Waals surface area (Å²) >= 11 is 13.7. The van der Waals surface area contributed by atoms with E-state index in [-0.39, 0.29) is 31.2 Å². The van der Waals surface area contributed by atoms with Crippen molar-refractivity contribution >= 4 is 66.9 Å². The Labute approximate surface area is 162 Å². The van der Waals surface area contributed by atoms with Crippen LogP contribution in [0.5, 0.6) is 0 Å². The third-order valence-corrected chi connectivity index (χ3v) is 8.00. The second-order valence-corrected chi connectivity index (χ2v) is 9.95. The first-order valence-electron chi connectivity index (χ1n) is 7.13. The average molecular weight is 442 g/mol. The van der Waals surface area contributed by atoms with Crippen molar-refractivity contribution in [2.45, 2.75) is 10.6 Å². The molecule has 3 rings (SSSR count). The van der Waals surface area contributed by atoms with Crippen LogP contribution in [-0.2, 0) is 26.0 Å². The first kappa shape index (κ1) is 18.9. The number of hydrogen-bond donors (Lipinski definition) is 1. The van der Waals surface area contributed by atoms with Crippen molar-refractivity contribution in [3.63, 3.8) is 0 Å². The molecule has 1 fully saturated rings. The van der Waals surface area contributed by atoms with Gasteiger partial charge in [-0.25, -0.2) is 13.4 Å². The number of carbonyl (C=O) groups excluding carboxylic acids is 1. The van der Waals surface area contributed by atoms with E-state index in [0.717, 1.165) is 11.3 Å². The maximum atomic E-state index is 12.3. The minimum Gasteiger partial charge on any atom is -0.370 e. The van der Waals surface area contributed by atoms with E-state index in [2.05, 4.69) is 9.71 Å². The van der Waals surface area contributed by atoms with Gasteiger partial charge in [0.25, 0.3) is 10.0 Å². The fourth-order valence-corrected chi connectivity index (χ4v) is 6.01. The summed E-state index contributed by atoms with van der Waals surface area (Å²) < 4.78 is 32.3. The molecular weight excluding hydrogens is 429 g/mol. The summed E-state index contributed by atoms with van der Waals surface area (Å²) in [6, 6.07) is 1.30. The van der Waals surface area contributed by atoms with Crippen molar-refractivity contribution in [2.24, 2.45) is 0 Å². The summed E-state index contributed by atoms with van der Waals surface area (Å²) in [5.74, 6) is -0.0474. The molecule has 1 aliphatic heterocycles. The number of nitrogens with zero attached hydrogens (tertiary/aromatic N) is 2. The quantitative estimate of drug-likeness (QED) is 0.743. The fourth-order valence-electron chi connectivity index (χ4n) is 2.13. The highest BCUT2D eigenvalue weighted by atomic mass is 35.5. The fraction of sp³-hybridized carbons (Fsp3) is 0.385. The lowest BCUT2D eigenvalue weighted by atomic mass is 10.3. The molecule has 2 aromatic rings. The van der Waals surface area contributed by atoms with Gasteiger partial charge in [-0.1, -0.05) is 23.2 Å². The van der Waals surface area contributed by atoms with Crippen LogP contribution in [0.25, 0.3) is 0 Å². The van der Waals surface area contributed by atoms with Crippen LogP contribution in [0.15, 0.2) is 15.7 Å². The Morgan fingerprint density at radius 1 is 1.40 bits per heavy atom. The lowest BCUT2D eigenvalue weighted by Gasteiger charge is -2.26. The lowest BCUT2D eigenvalue weighted by molar-refractivity contribution is -0.142. The second kappa shape index (κ2) is 7.77. The third-order valence-electron chi connectivity index (χ3n) is 3.38. The van der Waals surface area contributed by atoms with E-state index in [0.29, 0.717) is 31.8 Å². The van der Waals surface area contributed by atoms with Crippen molar-refractivity contribution < 1.29 is 17.9 Å². The molecule has 0 unspecified atom stereocenters. The average Bonchev–Trinajstić information content (AvgIpc) is 3.13. The van der Waals surface area contributed by atoms with Gasteiger partial charge in [0.05, 0.1) is 17.3 Å². The van der Waals surface area contributed by atoms with Crippen molar-refractivity contribution in [3.8, 4) is 0 Å². The van der Waals surface area contributed by atoms with Crippen molar-refractivity contribution in [3.05, 3.63) is 26.5 Å². The molecule has 25 heavy (non-hydrogen) atoms. The van der Waals surface area contributed by atoms with Crippen LogP contribution in [0.1, 0.15) is 5.69 Å². The van der Waals surface area contributed by atoms with Gasteiger partial charge in [-0.2, -0.15) is 0 Å². The summed E-state index contributed by atoms with van der Waals surface area (Å²) in [4.78, 5) is 17.6. The van der Waals surface area contributed by atoms with Crippen LogP contribution in [0.2, 0.25) is 9.36 Å². The number of sulfonamides is 1. The highest BCUT2D eigenvalue weighted by Gasteiger charge is 2.21. The zero-order valence-electron chi connectivity index (χ0n) is 12.7. The van der Waals surface area contributed by atoms with Crippen LogP contribution in [0.3, 0.4) is 0 Å². The van der Waals surface area contributed by atoms with E-state index in [4.69, 9.17) is 27.9 Å². The Balaban J connectivity index is 1.62. The minimum absolute atomic E-state index is 0.0261. The number of thiophene rings is 1. The number of hydrogen-bond acceptors (Lipinski definition) is 7. The Morgan fingerprint density at radius 2 is 2.20 bits per heavy atom. The number of nitrogens with one attached hydrogen (secondary N) is 1. The molecule has 0 saturated carbocycles. The molecule has 1 saturated heterocycles. The predicted molar refractivity (Wildman–Crippen MR) is 98.4 cm³/mol. The molecular formula is C13H13Cl2N3O4S3. The third kappa shape index (κ3) is 4.63. The van der Waals surface area contributed by atoms with Crippen LogP contribution in [0, 0.1) is 0 Å². The number of rotatable bonds is 6. The molecule has 1 aliphatic rings. The number of amides is 1. The zero-order chi connectivity index (χ0) is 18.0. The van der Waals surface area contributed by atoms with E-state index in [1.807, 2.05) is 0 Å². The first-order chi connectivity index (χ1) is 11.8. The number of morpholine rings is 1. The zero-order valence-corrected chi connectivity index (χ0v) is 16.7. The lowest BCUT2D eigenvalue weighted by Crippen LogP contribution is -2.42. The molecule has 0 aromatic carbocycles. The van der Waals surface area contributed by atoms with E-state index >= 15 is 0 Å². The summed E-state index contributed by atoms with van der Waals surface area (Å²) in [7, 11) is -3.78. The Hall–Kier alpha value is -0.910. The van der Waals surface area contributed by atoms with Crippen molar-refractivity contribution in [1.82, 2.24) is 9.88 Å². The van der Waals surface area contributed by atoms with Gasteiger partial charge in [0.15, 0.2) is 5.13 Å². The minimum atomic E-state index is -3.78. The maximum absolute atomic E-state index is 12.3. The topological polar surface area (TPSA) is 88.6 Å². The molecule has 0 bridgehead atoms.